The highest BCUT2D eigenvalue weighted by atomic mass is 15.1. The highest BCUT2D eigenvalue weighted by molar-refractivity contribution is 6.01. The topological polar surface area (TPSA) is 9.86 Å². The van der Waals surface area contributed by atoms with Crippen molar-refractivity contribution in [2.75, 3.05) is 0 Å². The molecule has 0 bridgehead atoms. The molecule has 2 aromatic heterocycles. The Hall–Kier alpha value is -7.94. The van der Waals surface area contributed by atoms with Crippen LogP contribution in [0, 0.1) is 0 Å². The number of aryl methyl sites for hydroxylation is 2. The molecule has 0 spiro atoms. The van der Waals surface area contributed by atoms with E-state index < -0.39 is 0 Å². The van der Waals surface area contributed by atoms with E-state index in [4.69, 9.17) is 0 Å². The summed E-state index contributed by atoms with van der Waals surface area (Å²) in [5.74, 6) is 0. The lowest BCUT2D eigenvalue weighted by molar-refractivity contribution is 0.921. The summed E-state index contributed by atoms with van der Waals surface area (Å²) in [6.07, 6.45) is 2.01. The second-order valence-corrected chi connectivity index (χ2v) is 16.4. The summed E-state index contributed by atoms with van der Waals surface area (Å²) in [6.45, 7) is 0. The van der Waals surface area contributed by atoms with E-state index in [1.165, 1.54) is 111 Å². The molecule has 2 heterocycles. The molecule has 62 heavy (non-hydrogen) atoms. The molecule has 1 aliphatic rings. The lowest BCUT2D eigenvalue weighted by Crippen LogP contribution is -2.10. The maximum Gasteiger partial charge on any atom is 0.0745 e. The molecule has 0 unspecified atom stereocenters. The monoisotopic (exact) mass is 790 g/mol. The first kappa shape index (κ1) is 36.0. The highest BCUT2D eigenvalue weighted by Gasteiger charge is 2.31. The summed E-state index contributed by atoms with van der Waals surface area (Å²) in [5, 5.41) is 2.67. The fourth-order valence-corrected chi connectivity index (χ4v) is 9.96. The molecule has 0 aliphatic heterocycles. The first-order valence-electron chi connectivity index (χ1n) is 21.6. The van der Waals surface area contributed by atoms with Gasteiger partial charge >= 0.3 is 0 Å². The van der Waals surface area contributed by atoms with Gasteiger partial charge in [0.05, 0.1) is 28.1 Å². The summed E-state index contributed by atoms with van der Waals surface area (Å²) < 4.78 is 5.06. The summed E-state index contributed by atoms with van der Waals surface area (Å²) in [6, 6.07) is 84.2. The maximum atomic E-state index is 2.55. The van der Waals surface area contributed by atoms with Gasteiger partial charge in [-0.2, -0.15) is 0 Å². The molecule has 0 saturated heterocycles. The number of aromatic nitrogens is 2. The van der Waals surface area contributed by atoms with Crippen molar-refractivity contribution < 1.29 is 0 Å². The Bertz CT molecular complexity index is 3420. The van der Waals surface area contributed by atoms with Crippen LogP contribution in [0.5, 0.6) is 0 Å². The third kappa shape index (κ3) is 6.03. The fourth-order valence-electron chi connectivity index (χ4n) is 9.96. The van der Waals surface area contributed by atoms with Gasteiger partial charge in [0, 0.05) is 22.0 Å². The molecular weight excluding hydrogens is 749 g/mol. The van der Waals surface area contributed by atoms with Gasteiger partial charge < -0.3 is 9.13 Å². The van der Waals surface area contributed by atoms with Crippen molar-refractivity contribution in [1.29, 1.82) is 0 Å². The molecule has 9 aromatic carbocycles. The van der Waals surface area contributed by atoms with Gasteiger partial charge in [-0.1, -0.05) is 188 Å². The molecule has 0 saturated carbocycles. The van der Waals surface area contributed by atoms with E-state index in [2.05, 4.69) is 240 Å². The average molecular weight is 791 g/mol. The van der Waals surface area contributed by atoms with Crippen LogP contribution in [0.2, 0.25) is 0 Å². The van der Waals surface area contributed by atoms with Crippen LogP contribution < -0.4 is 0 Å². The normalized spacial score (nSPS) is 12.1. The van der Waals surface area contributed by atoms with Crippen LogP contribution in [0.4, 0.5) is 0 Å². The van der Waals surface area contributed by atoms with Crippen LogP contribution in [-0.2, 0) is 12.8 Å². The Morgan fingerprint density at radius 3 is 1.24 bits per heavy atom. The first-order valence-corrected chi connectivity index (χ1v) is 21.6. The summed E-state index contributed by atoms with van der Waals surface area (Å²) in [7, 11) is 0. The second-order valence-electron chi connectivity index (χ2n) is 16.4. The lowest BCUT2D eigenvalue weighted by atomic mass is 9.91. The fraction of sp³-hybridized carbons (Fsp3) is 0.0333. The van der Waals surface area contributed by atoms with Crippen molar-refractivity contribution in [2.45, 2.75) is 12.8 Å². The van der Waals surface area contributed by atoms with E-state index in [1.807, 2.05) is 0 Å². The Morgan fingerprint density at radius 2 is 0.661 bits per heavy atom. The van der Waals surface area contributed by atoms with E-state index in [0.29, 0.717) is 0 Å². The molecular formula is C60H42N2. The standard InChI is InChI=1S/C60H42N2/c1-3-15-41(16-4-1)46-17-13-19-48(39-46)49-20-14-18-47(40-49)44-31-29-42(30-32-44)43-33-35-45(36-34-43)51-23-7-10-26-56(51)62-58-28-12-9-25-53(58)55-38-37-54-52-24-8-11-27-57(52)61(59(54)60(55)62)50-21-5-2-6-22-50/h1-36,39-40H,37-38H2. The van der Waals surface area contributed by atoms with E-state index in [1.54, 1.807) is 0 Å². The maximum absolute atomic E-state index is 2.55. The van der Waals surface area contributed by atoms with Crippen molar-refractivity contribution >= 4 is 21.8 Å². The summed E-state index contributed by atoms with van der Waals surface area (Å²) in [5.41, 5.74) is 22.4. The van der Waals surface area contributed by atoms with Gasteiger partial charge in [-0.25, -0.2) is 0 Å². The number of hydrogen-bond acceptors (Lipinski definition) is 0. The summed E-state index contributed by atoms with van der Waals surface area (Å²) >= 11 is 0. The molecule has 12 rings (SSSR count). The van der Waals surface area contributed by atoms with Crippen LogP contribution in [-0.4, -0.2) is 9.13 Å². The number of rotatable bonds is 7. The predicted molar refractivity (Wildman–Crippen MR) is 260 cm³/mol. The van der Waals surface area contributed by atoms with Crippen LogP contribution >= 0.6 is 0 Å². The van der Waals surface area contributed by atoms with Crippen LogP contribution in [0.3, 0.4) is 0 Å². The van der Waals surface area contributed by atoms with E-state index >= 15 is 0 Å². The van der Waals surface area contributed by atoms with E-state index in [0.717, 1.165) is 12.8 Å². The van der Waals surface area contributed by atoms with Gasteiger partial charge in [-0.15, -0.1) is 0 Å². The van der Waals surface area contributed by atoms with Crippen molar-refractivity contribution in [3.63, 3.8) is 0 Å². The average Bonchev–Trinajstić information content (AvgIpc) is 3.88. The molecule has 11 aromatic rings. The van der Waals surface area contributed by atoms with Gasteiger partial charge in [0.25, 0.3) is 0 Å². The van der Waals surface area contributed by atoms with E-state index in [-0.39, 0.29) is 0 Å². The van der Waals surface area contributed by atoms with E-state index in [9.17, 15) is 0 Å². The number of fused-ring (bicyclic) bond motifs is 7. The zero-order valence-corrected chi connectivity index (χ0v) is 34.2. The number of hydrogen-bond donors (Lipinski definition) is 0. The largest absolute Gasteiger partial charge is 0.307 e. The first-order chi connectivity index (χ1) is 30.8. The Morgan fingerprint density at radius 1 is 0.274 bits per heavy atom. The smallest absolute Gasteiger partial charge is 0.0745 e. The SMILES string of the molecule is c1ccc(-c2cccc(-c3cccc(-c4ccc(-c5ccc(-c6ccccc6-n6c7c(c8ccccc86)CCc6c-7n(-c7ccccc7)c7ccccc67)cc5)cc4)c3)c2)cc1. The second kappa shape index (κ2) is 15.0. The highest BCUT2D eigenvalue weighted by Crippen LogP contribution is 2.48. The lowest BCUT2D eigenvalue weighted by Gasteiger charge is -2.22. The minimum atomic E-state index is 1.00. The molecule has 1 aliphatic carbocycles. The van der Waals surface area contributed by atoms with Gasteiger partial charge in [0.1, 0.15) is 0 Å². The zero-order valence-electron chi connectivity index (χ0n) is 34.2. The van der Waals surface area contributed by atoms with Gasteiger partial charge in [0.2, 0.25) is 0 Å². The molecule has 2 heteroatoms. The number of benzene rings is 9. The van der Waals surface area contributed by atoms with Gasteiger partial charge in [0.15, 0.2) is 0 Å². The van der Waals surface area contributed by atoms with Crippen LogP contribution in [0.1, 0.15) is 11.1 Å². The molecule has 292 valence electrons. The third-order valence-electron chi connectivity index (χ3n) is 12.9. The number of nitrogens with zero attached hydrogens (tertiary/aromatic N) is 2. The predicted octanol–water partition coefficient (Wildman–Crippen LogP) is 15.7. The molecule has 0 atom stereocenters. The van der Waals surface area contributed by atoms with Crippen molar-refractivity contribution in [3.05, 3.63) is 242 Å². The van der Waals surface area contributed by atoms with Crippen molar-refractivity contribution in [2.24, 2.45) is 0 Å². The van der Waals surface area contributed by atoms with Gasteiger partial charge in [-0.05, 0) is 117 Å². The zero-order chi connectivity index (χ0) is 41.0. The van der Waals surface area contributed by atoms with Gasteiger partial charge in [-0.3, -0.25) is 0 Å². The quantitative estimate of drug-likeness (QED) is 0.152. The summed E-state index contributed by atoms with van der Waals surface area (Å²) in [4.78, 5) is 0. The van der Waals surface area contributed by atoms with Crippen molar-refractivity contribution in [1.82, 2.24) is 9.13 Å². The Labute approximate surface area is 362 Å². The Kier molecular flexibility index (Phi) is 8.67. The Balaban J connectivity index is 0.902. The molecule has 0 fully saturated rings. The molecule has 0 radical (unpaired) electrons. The minimum Gasteiger partial charge on any atom is -0.307 e. The number of para-hydroxylation sites is 4. The third-order valence-corrected chi connectivity index (χ3v) is 12.9. The van der Waals surface area contributed by atoms with Crippen molar-refractivity contribution in [3.8, 4) is 78.4 Å². The molecule has 0 N–H and O–H groups in total. The molecule has 2 nitrogen and oxygen atoms in total. The minimum absolute atomic E-state index is 1.00. The van der Waals surface area contributed by atoms with Crippen LogP contribution in [0.25, 0.3) is 100 Å². The van der Waals surface area contributed by atoms with Crippen LogP contribution in [0.15, 0.2) is 231 Å². The molecule has 0 amide bonds.